The predicted octanol–water partition coefficient (Wildman–Crippen LogP) is 4.36. The number of ether oxygens (including phenoxy) is 1. The molecule has 2 heterocycles. The Morgan fingerprint density at radius 1 is 1.09 bits per heavy atom. The average Bonchev–Trinajstić information content (AvgIpc) is 3.33. The molecule has 0 aliphatic carbocycles. The van der Waals surface area contributed by atoms with E-state index in [0.29, 0.717) is 39.2 Å². The number of hydrogen-bond acceptors (Lipinski definition) is 4. The summed E-state index contributed by atoms with van der Waals surface area (Å²) in [5, 5.41) is 12.4. The quantitative estimate of drug-likeness (QED) is 0.547. The molecular formula is C28H38FN3O3. The Morgan fingerprint density at radius 2 is 1.83 bits per heavy atom. The van der Waals surface area contributed by atoms with Crippen LogP contribution in [0.4, 0.5) is 9.18 Å². The van der Waals surface area contributed by atoms with Crippen LogP contribution in [0.2, 0.25) is 0 Å². The molecule has 2 aromatic carbocycles. The Balaban J connectivity index is 1.64. The van der Waals surface area contributed by atoms with E-state index in [-0.39, 0.29) is 23.8 Å². The molecule has 0 saturated carbocycles. The van der Waals surface area contributed by atoms with Crippen LogP contribution < -0.4 is 5.73 Å². The highest BCUT2D eigenvalue weighted by Gasteiger charge is 2.43. The van der Waals surface area contributed by atoms with Crippen LogP contribution in [-0.2, 0) is 10.3 Å². The lowest BCUT2D eigenvalue weighted by atomic mass is 9.72. The van der Waals surface area contributed by atoms with Crippen molar-refractivity contribution in [2.24, 2.45) is 11.7 Å². The lowest BCUT2D eigenvalue weighted by Crippen LogP contribution is -2.51. The summed E-state index contributed by atoms with van der Waals surface area (Å²) >= 11 is 0. The first kappa shape index (κ1) is 25.6. The van der Waals surface area contributed by atoms with Gasteiger partial charge in [-0.25, -0.2) is 9.18 Å². The summed E-state index contributed by atoms with van der Waals surface area (Å²) in [6.07, 6.45) is 4.72. The molecule has 0 aromatic heterocycles. The Bertz CT molecular complexity index is 986. The fourth-order valence-corrected chi connectivity index (χ4v) is 5.64. The molecule has 2 saturated heterocycles. The summed E-state index contributed by atoms with van der Waals surface area (Å²) < 4.78 is 18.9. The largest absolute Gasteiger partial charge is 0.385 e. The van der Waals surface area contributed by atoms with E-state index in [2.05, 4.69) is 0 Å². The Labute approximate surface area is 207 Å². The zero-order valence-electron chi connectivity index (χ0n) is 20.7. The third-order valence-electron chi connectivity index (χ3n) is 7.57. The molecule has 2 aromatic rings. The third kappa shape index (κ3) is 5.85. The van der Waals surface area contributed by atoms with Crippen molar-refractivity contribution in [3.05, 3.63) is 59.9 Å². The number of nitrogens with two attached hydrogens (primary N) is 1. The molecule has 35 heavy (non-hydrogen) atoms. The SMILES string of the molecule is COCCCCC(O)(c1ccccc1-c1ccc(F)cc1)C1CCCN(C(=O)N2CCC(N)C2)C1. The zero-order chi connectivity index (χ0) is 24.8. The van der Waals surface area contributed by atoms with Crippen LogP contribution in [0.15, 0.2) is 48.5 Å². The van der Waals surface area contributed by atoms with Gasteiger partial charge in [0.25, 0.3) is 0 Å². The second kappa shape index (κ2) is 11.5. The molecule has 2 amide bonds. The molecule has 0 radical (unpaired) electrons. The number of carbonyl (C=O) groups excluding carboxylic acids is 1. The summed E-state index contributed by atoms with van der Waals surface area (Å²) in [5.41, 5.74) is 7.52. The van der Waals surface area contributed by atoms with Crippen molar-refractivity contribution < 1.29 is 19.0 Å². The van der Waals surface area contributed by atoms with Crippen molar-refractivity contribution >= 4 is 6.03 Å². The first-order valence-electron chi connectivity index (χ1n) is 12.8. The molecule has 2 aliphatic rings. The van der Waals surface area contributed by atoms with Crippen LogP contribution >= 0.6 is 0 Å². The topological polar surface area (TPSA) is 79.0 Å². The van der Waals surface area contributed by atoms with Gasteiger partial charge >= 0.3 is 6.03 Å². The Morgan fingerprint density at radius 3 is 2.54 bits per heavy atom. The number of carbonyl (C=O) groups is 1. The minimum absolute atomic E-state index is 0.0243. The third-order valence-corrected chi connectivity index (χ3v) is 7.57. The van der Waals surface area contributed by atoms with E-state index < -0.39 is 5.60 Å². The molecule has 3 N–H and O–H groups in total. The molecule has 7 heteroatoms. The number of aliphatic hydroxyl groups is 1. The highest BCUT2D eigenvalue weighted by atomic mass is 19.1. The maximum absolute atomic E-state index is 13.6. The number of piperidine rings is 1. The molecule has 6 nitrogen and oxygen atoms in total. The van der Waals surface area contributed by atoms with Crippen molar-refractivity contribution in [1.29, 1.82) is 0 Å². The van der Waals surface area contributed by atoms with E-state index >= 15 is 0 Å². The maximum atomic E-state index is 13.6. The molecule has 2 aliphatic heterocycles. The van der Waals surface area contributed by atoms with Crippen LogP contribution in [0.3, 0.4) is 0 Å². The fraction of sp³-hybridized carbons (Fsp3) is 0.536. The van der Waals surface area contributed by atoms with Crippen molar-refractivity contribution in [1.82, 2.24) is 9.80 Å². The van der Waals surface area contributed by atoms with Gasteiger partial charge in [0.15, 0.2) is 0 Å². The van der Waals surface area contributed by atoms with E-state index in [1.807, 2.05) is 34.1 Å². The molecular weight excluding hydrogens is 445 g/mol. The standard InChI is InChI=1S/C28H38FN3O3/c1-35-18-5-4-15-28(34,26-9-3-2-8-25(26)21-10-12-23(29)13-11-21)22-7-6-16-31(19-22)27(33)32-17-14-24(30)20-32/h2-3,8-13,22,24,34H,4-7,14-20,30H2,1H3. The normalized spacial score (nSPS) is 22.3. The number of amides is 2. The molecule has 3 atom stereocenters. The molecule has 0 spiro atoms. The number of urea groups is 1. The highest BCUT2D eigenvalue weighted by molar-refractivity contribution is 5.75. The highest BCUT2D eigenvalue weighted by Crippen LogP contribution is 2.43. The van der Waals surface area contributed by atoms with Crippen LogP contribution in [0.25, 0.3) is 11.1 Å². The van der Waals surface area contributed by atoms with Crippen LogP contribution in [0.1, 0.15) is 44.1 Å². The second-order valence-electron chi connectivity index (χ2n) is 9.99. The van der Waals surface area contributed by atoms with Gasteiger partial charge in [-0.05, 0) is 67.3 Å². The number of nitrogens with zero attached hydrogens (tertiary/aromatic N) is 2. The number of rotatable bonds is 8. The molecule has 4 rings (SSSR count). The van der Waals surface area contributed by atoms with E-state index in [1.54, 1.807) is 19.2 Å². The van der Waals surface area contributed by atoms with Gasteiger partial charge in [-0.15, -0.1) is 0 Å². The van der Waals surface area contributed by atoms with Crippen molar-refractivity contribution in [2.75, 3.05) is 39.9 Å². The van der Waals surface area contributed by atoms with E-state index in [9.17, 15) is 14.3 Å². The van der Waals surface area contributed by atoms with Gasteiger partial charge in [0.1, 0.15) is 5.82 Å². The number of unbranched alkanes of at least 4 members (excludes halogenated alkanes) is 1. The van der Waals surface area contributed by atoms with E-state index in [4.69, 9.17) is 10.5 Å². The second-order valence-corrected chi connectivity index (χ2v) is 9.99. The fourth-order valence-electron chi connectivity index (χ4n) is 5.64. The smallest absolute Gasteiger partial charge is 0.320 e. The molecule has 3 unspecified atom stereocenters. The maximum Gasteiger partial charge on any atom is 0.320 e. The van der Waals surface area contributed by atoms with Gasteiger partial charge in [0, 0.05) is 51.9 Å². The summed E-state index contributed by atoms with van der Waals surface area (Å²) in [5.74, 6) is -0.398. The number of likely N-dealkylation sites (tertiary alicyclic amines) is 2. The van der Waals surface area contributed by atoms with Crippen LogP contribution in [-0.4, -0.2) is 66.9 Å². The summed E-state index contributed by atoms with van der Waals surface area (Å²) in [6, 6.07) is 14.3. The number of benzene rings is 2. The summed E-state index contributed by atoms with van der Waals surface area (Å²) in [6.45, 7) is 3.12. The Hall–Kier alpha value is -2.48. The van der Waals surface area contributed by atoms with Crippen LogP contribution in [0.5, 0.6) is 0 Å². The molecule has 2 fully saturated rings. The van der Waals surface area contributed by atoms with Gasteiger partial charge in [0.2, 0.25) is 0 Å². The first-order chi connectivity index (χ1) is 16.9. The van der Waals surface area contributed by atoms with Crippen molar-refractivity contribution in [3.8, 4) is 11.1 Å². The van der Waals surface area contributed by atoms with E-state index in [0.717, 1.165) is 48.8 Å². The monoisotopic (exact) mass is 483 g/mol. The van der Waals surface area contributed by atoms with Gasteiger partial charge in [-0.3, -0.25) is 0 Å². The number of hydrogen-bond donors (Lipinski definition) is 2. The van der Waals surface area contributed by atoms with Gasteiger partial charge < -0.3 is 25.4 Å². The van der Waals surface area contributed by atoms with Gasteiger partial charge in [0.05, 0.1) is 5.60 Å². The van der Waals surface area contributed by atoms with Gasteiger partial charge in [-0.2, -0.15) is 0 Å². The van der Waals surface area contributed by atoms with E-state index in [1.165, 1.54) is 12.1 Å². The minimum atomic E-state index is -1.13. The van der Waals surface area contributed by atoms with Gasteiger partial charge in [-0.1, -0.05) is 36.4 Å². The number of halogens is 1. The summed E-state index contributed by atoms with van der Waals surface area (Å²) in [4.78, 5) is 17.0. The minimum Gasteiger partial charge on any atom is -0.385 e. The summed E-state index contributed by atoms with van der Waals surface area (Å²) in [7, 11) is 1.69. The first-order valence-corrected chi connectivity index (χ1v) is 12.8. The average molecular weight is 484 g/mol. The molecule has 190 valence electrons. The predicted molar refractivity (Wildman–Crippen MR) is 135 cm³/mol. The van der Waals surface area contributed by atoms with Crippen LogP contribution in [0, 0.1) is 11.7 Å². The lowest BCUT2D eigenvalue weighted by molar-refractivity contribution is -0.0571. The molecule has 0 bridgehead atoms. The zero-order valence-corrected chi connectivity index (χ0v) is 20.7. The van der Waals surface area contributed by atoms with Crippen molar-refractivity contribution in [2.45, 2.75) is 50.2 Å². The lowest BCUT2D eigenvalue weighted by Gasteiger charge is -2.44. The number of methoxy groups -OCH3 is 1. The van der Waals surface area contributed by atoms with Crippen molar-refractivity contribution in [3.63, 3.8) is 0 Å². The Kier molecular flexibility index (Phi) is 8.42.